The molecule has 1 radical (unpaired) electrons. The molecular formula is C8H5FN3O. The summed E-state index contributed by atoms with van der Waals surface area (Å²) in [7, 11) is 0. The van der Waals surface area contributed by atoms with Crippen LogP contribution < -0.4 is 0 Å². The number of hydrogen-bond donors (Lipinski definition) is 0. The molecule has 0 unspecified atom stereocenters. The Labute approximate surface area is 73.3 Å². The summed E-state index contributed by atoms with van der Waals surface area (Å²) in [6.45, 7) is 0. The molecule has 1 heterocycles. The monoisotopic (exact) mass is 178 g/mol. The van der Waals surface area contributed by atoms with Gasteiger partial charge < -0.3 is 0 Å². The lowest BCUT2D eigenvalue weighted by Crippen LogP contribution is -1.90. The maximum absolute atomic E-state index is 12.5. The summed E-state index contributed by atoms with van der Waals surface area (Å²) in [5, 5.41) is 17.7. The highest BCUT2D eigenvalue weighted by Gasteiger charge is 2.04. The van der Waals surface area contributed by atoms with Crippen molar-refractivity contribution in [1.82, 2.24) is 14.8 Å². The van der Waals surface area contributed by atoms with E-state index in [0.717, 1.165) is 0 Å². The third-order valence-electron chi connectivity index (χ3n) is 1.62. The molecule has 0 N–H and O–H groups in total. The maximum atomic E-state index is 12.5. The summed E-state index contributed by atoms with van der Waals surface area (Å²) in [5.41, 5.74) is 0.552. The lowest BCUT2D eigenvalue weighted by molar-refractivity contribution is 0.311. The van der Waals surface area contributed by atoms with Crippen molar-refractivity contribution in [3.05, 3.63) is 36.4 Å². The van der Waals surface area contributed by atoms with Gasteiger partial charge in [-0.15, -0.1) is 5.10 Å². The molecule has 0 saturated carbocycles. The second kappa shape index (κ2) is 2.85. The fraction of sp³-hybridized carbons (Fsp3) is 0. The van der Waals surface area contributed by atoms with Gasteiger partial charge >= 0.3 is 6.01 Å². The van der Waals surface area contributed by atoms with Crippen molar-refractivity contribution in [2.24, 2.45) is 0 Å². The van der Waals surface area contributed by atoms with Crippen LogP contribution in [0.5, 0.6) is 6.01 Å². The first-order chi connectivity index (χ1) is 6.27. The quantitative estimate of drug-likeness (QED) is 0.665. The van der Waals surface area contributed by atoms with Gasteiger partial charge in [0.05, 0.1) is 5.69 Å². The van der Waals surface area contributed by atoms with Crippen LogP contribution in [0.15, 0.2) is 30.6 Å². The van der Waals surface area contributed by atoms with Crippen molar-refractivity contribution in [3.8, 4) is 11.7 Å². The summed E-state index contributed by atoms with van der Waals surface area (Å²) in [4.78, 5) is 0. The predicted molar refractivity (Wildman–Crippen MR) is 41.4 cm³/mol. The van der Waals surface area contributed by atoms with Gasteiger partial charge in [0.25, 0.3) is 0 Å². The molecule has 65 valence electrons. The Morgan fingerprint density at radius 3 is 2.46 bits per heavy atom. The van der Waals surface area contributed by atoms with Crippen molar-refractivity contribution in [2.75, 3.05) is 0 Å². The van der Waals surface area contributed by atoms with E-state index in [0.29, 0.717) is 5.69 Å². The maximum Gasteiger partial charge on any atom is 0.372 e. The average molecular weight is 178 g/mol. The summed E-state index contributed by atoms with van der Waals surface area (Å²) in [6, 6.07) is 5.05. The molecule has 13 heavy (non-hydrogen) atoms. The Hall–Kier alpha value is -1.91. The van der Waals surface area contributed by atoms with E-state index in [1.165, 1.54) is 35.2 Å². The van der Waals surface area contributed by atoms with Gasteiger partial charge in [-0.1, -0.05) is 5.10 Å². The van der Waals surface area contributed by atoms with Crippen LogP contribution in [-0.2, 0) is 5.11 Å². The first-order valence-electron chi connectivity index (χ1n) is 3.60. The highest BCUT2D eigenvalue weighted by molar-refractivity contribution is 5.33. The molecule has 0 aliphatic heterocycles. The zero-order valence-electron chi connectivity index (χ0n) is 6.51. The van der Waals surface area contributed by atoms with Gasteiger partial charge in [-0.3, -0.25) is 0 Å². The minimum absolute atomic E-state index is 0.343. The third-order valence-corrected chi connectivity index (χ3v) is 1.62. The van der Waals surface area contributed by atoms with Crippen LogP contribution in [0.4, 0.5) is 4.39 Å². The van der Waals surface area contributed by atoms with E-state index in [1.807, 2.05) is 0 Å². The zero-order valence-corrected chi connectivity index (χ0v) is 6.51. The van der Waals surface area contributed by atoms with Crippen LogP contribution in [0.25, 0.3) is 5.69 Å². The number of hydrogen-bond acceptors (Lipinski definition) is 2. The normalized spacial score (nSPS) is 10.2. The molecule has 2 aromatic rings. The third kappa shape index (κ3) is 1.35. The number of nitrogens with zero attached hydrogens (tertiary/aromatic N) is 3. The number of rotatable bonds is 1. The van der Waals surface area contributed by atoms with Crippen LogP contribution in [-0.4, -0.2) is 14.8 Å². The zero-order chi connectivity index (χ0) is 9.26. The van der Waals surface area contributed by atoms with E-state index in [2.05, 4.69) is 10.2 Å². The first-order valence-corrected chi connectivity index (χ1v) is 3.60. The van der Waals surface area contributed by atoms with Gasteiger partial charge in [-0.2, -0.15) is 0 Å². The van der Waals surface area contributed by atoms with Crippen molar-refractivity contribution in [2.45, 2.75) is 0 Å². The van der Waals surface area contributed by atoms with Gasteiger partial charge in [0, 0.05) is 0 Å². The molecule has 0 fully saturated rings. The molecule has 2 rings (SSSR count). The van der Waals surface area contributed by atoms with Crippen LogP contribution >= 0.6 is 0 Å². The van der Waals surface area contributed by atoms with Crippen LogP contribution in [0.2, 0.25) is 0 Å². The molecule has 0 saturated heterocycles. The molecule has 0 bridgehead atoms. The van der Waals surface area contributed by atoms with Crippen molar-refractivity contribution >= 4 is 0 Å². The SMILES string of the molecule is [O]c1nncn1-c1ccc(F)cc1. The number of aromatic nitrogens is 3. The second-order valence-corrected chi connectivity index (χ2v) is 2.46. The van der Waals surface area contributed by atoms with Crippen molar-refractivity contribution in [3.63, 3.8) is 0 Å². The fourth-order valence-corrected chi connectivity index (χ4v) is 1.00. The van der Waals surface area contributed by atoms with Gasteiger partial charge in [0.1, 0.15) is 12.1 Å². The Morgan fingerprint density at radius 1 is 1.23 bits per heavy atom. The van der Waals surface area contributed by atoms with E-state index >= 15 is 0 Å². The van der Waals surface area contributed by atoms with Crippen LogP contribution in [0, 0.1) is 5.82 Å². The molecule has 0 spiro atoms. The summed E-state index contributed by atoms with van der Waals surface area (Å²) in [5.74, 6) is -0.343. The van der Waals surface area contributed by atoms with Crippen LogP contribution in [0.3, 0.4) is 0 Å². The molecule has 0 aliphatic rings. The number of halogens is 1. The van der Waals surface area contributed by atoms with Gasteiger partial charge in [0.2, 0.25) is 0 Å². The Kier molecular flexibility index (Phi) is 1.70. The van der Waals surface area contributed by atoms with E-state index in [-0.39, 0.29) is 5.82 Å². The van der Waals surface area contributed by atoms with Crippen molar-refractivity contribution in [1.29, 1.82) is 0 Å². The largest absolute Gasteiger partial charge is 0.372 e. The molecule has 4 nitrogen and oxygen atoms in total. The predicted octanol–water partition coefficient (Wildman–Crippen LogP) is 1.55. The summed E-state index contributed by atoms with van der Waals surface area (Å²) >= 11 is 0. The Bertz CT molecular complexity index is 410. The fourth-order valence-electron chi connectivity index (χ4n) is 1.00. The summed E-state index contributed by atoms with van der Waals surface area (Å²) < 4.78 is 13.7. The van der Waals surface area contributed by atoms with Crippen molar-refractivity contribution < 1.29 is 9.50 Å². The standard InChI is InChI=1S/C8H5FN3O/c9-6-1-3-7(4-2-6)12-5-10-11-8(12)13/h1-5H. The molecule has 0 aliphatic carbocycles. The van der Waals surface area contributed by atoms with Gasteiger partial charge in [-0.05, 0) is 24.3 Å². The summed E-state index contributed by atoms with van der Waals surface area (Å²) in [6.07, 6.45) is 1.29. The highest BCUT2D eigenvalue weighted by Crippen LogP contribution is 2.13. The van der Waals surface area contributed by atoms with Crippen LogP contribution in [0.1, 0.15) is 0 Å². The Morgan fingerprint density at radius 2 is 1.92 bits per heavy atom. The smallest absolute Gasteiger partial charge is 0.248 e. The van der Waals surface area contributed by atoms with E-state index < -0.39 is 6.01 Å². The molecular weight excluding hydrogens is 173 g/mol. The molecule has 1 aromatic carbocycles. The van der Waals surface area contributed by atoms with E-state index in [9.17, 15) is 9.50 Å². The average Bonchev–Trinajstić information content (AvgIpc) is 2.53. The molecule has 0 atom stereocenters. The lowest BCUT2D eigenvalue weighted by Gasteiger charge is -1.99. The topological polar surface area (TPSA) is 50.6 Å². The minimum atomic E-state index is -0.466. The second-order valence-electron chi connectivity index (χ2n) is 2.46. The highest BCUT2D eigenvalue weighted by atomic mass is 19.1. The lowest BCUT2D eigenvalue weighted by atomic mass is 10.3. The van der Waals surface area contributed by atoms with E-state index in [1.54, 1.807) is 0 Å². The molecule has 0 amide bonds. The minimum Gasteiger partial charge on any atom is -0.248 e. The first kappa shape index (κ1) is 7.72. The Balaban J connectivity index is 2.47. The van der Waals surface area contributed by atoms with Gasteiger partial charge in [0.15, 0.2) is 0 Å². The molecule has 5 heteroatoms. The molecule has 1 aromatic heterocycles. The van der Waals surface area contributed by atoms with E-state index in [4.69, 9.17) is 0 Å². The van der Waals surface area contributed by atoms with Gasteiger partial charge in [-0.25, -0.2) is 14.1 Å². The number of benzene rings is 1.